The van der Waals surface area contributed by atoms with Crippen LogP contribution in [0.4, 0.5) is 17.6 Å². The number of carboxylic acids is 1. The molecule has 9 heteroatoms. The number of hydrogen-bond donors (Lipinski definition) is 1. The number of carboxylic acid groups (broad SMARTS) is 1. The lowest BCUT2D eigenvalue weighted by Crippen LogP contribution is -2.32. The number of ether oxygens (including phenoxy) is 1. The Morgan fingerprint density at radius 3 is 2.65 bits per heavy atom. The Morgan fingerprint density at radius 2 is 2.15 bits per heavy atom. The van der Waals surface area contributed by atoms with Crippen LogP contribution in [-0.4, -0.2) is 40.0 Å². The van der Waals surface area contributed by atoms with E-state index in [9.17, 15) is 22.4 Å². The van der Waals surface area contributed by atoms with Gasteiger partial charge in [-0.2, -0.15) is 8.78 Å². The third-order valence-corrected chi connectivity index (χ3v) is 2.33. The molecule has 0 atom stereocenters. The van der Waals surface area contributed by atoms with Gasteiger partial charge in [0.15, 0.2) is 5.82 Å². The molecule has 0 saturated heterocycles. The van der Waals surface area contributed by atoms with E-state index in [1.54, 1.807) is 6.92 Å². The number of aryl methyl sites for hydroxylation is 1. The van der Waals surface area contributed by atoms with Crippen molar-refractivity contribution in [3.05, 3.63) is 23.3 Å². The first kappa shape index (κ1) is 16.3. The van der Waals surface area contributed by atoms with E-state index < -0.39 is 31.5 Å². The molecule has 0 fully saturated rings. The summed E-state index contributed by atoms with van der Waals surface area (Å²) in [6.07, 6.45) is -2.49. The van der Waals surface area contributed by atoms with E-state index in [0.29, 0.717) is 6.42 Å². The molecule has 20 heavy (non-hydrogen) atoms. The highest BCUT2D eigenvalue weighted by Crippen LogP contribution is 2.23. The maximum absolute atomic E-state index is 12.6. The van der Waals surface area contributed by atoms with Crippen molar-refractivity contribution in [1.29, 1.82) is 0 Å². The van der Waals surface area contributed by atoms with Gasteiger partial charge in [-0.3, -0.25) is 0 Å². The summed E-state index contributed by atoms with van der Waals surface area (Å²) in [5.74, 6) is -5.50. The minimum atomic E-state index is -4.24. The number of aromatic carboxylic acids is 1. The van der Waals surface area contributed by atoms with Crippen LogP contribution in [0.2, 0.25) is 0 Å². The summed E-state index contributed by atoms with van der Waals surface area (Å²) in [5.41, 5.74) is 0.112. The molecule has 0 aliphatic rings. The van der Waals surface area contributed by atoms with Gasteiger partial charge in [0.05, 0.1) is 11.3 Å². The Kier molecular flexibility index (Phi) is 5.37. The summed E-state index contributed by atoms with van der Waals surface area (Å²) in [6, 6.07) is 0. The smallest absolute Gasteiger partial charge is 0.339 e. The average Bonchev–Trinajstić information content (AvgIpc) is 2.37. The zero-order chi connectivity index (χ0) is 15.3. The molecule has 1 aromatic rings. The van der Waals surface area contributed by atoms with Crippen LogP contribution >= 0.6 is 0 Å². The monoisotopic (exact) mass is 296 g/mol. The van der Waals surface area contributed by atoms with Crippen LogP contribution in [0.25, 0.3) is 0 Å². The number of hydrogen-bond acceptors (Lipinski definition) is 4. The lowest BCUT2D eigenvalue weighted by atomic mass is 10.2. The predicted octanol–water partition coefficient (Wildman–Crippen LogP) is 2.15. The number of carbonyl (C=O) groups is 1. The zero-order valence-electron chi connectivity index (χ0n) is 10.4. The molecule has 1 N–H and O–H groups in total. The second-order valence-electron chi connectivity index (χ2n) is 3.86. The second kappa shape index (κ2) is 6.60. The molecular formula is C11H12F4N2O3. The van der Waals surface area contributed by atoms with Crippen LogP contribution in [0.1, 0.15) is 28.8 Å². The molecule has 0 bridgehead atoms. The highest BCUT2D eigenvalue weighted by atomic mass is 19.3. The average molecular weight is 296 g/mol. The quantitative estimate of drug-likeness (QED) is 0.781. The van der Waals surface area contributed by atoms with Gasteiger partial charge in [-0.15, -0.1) is 0 Å². The molecule has 1 heterocycles. The summed E-state index contributed by atoms with van der Waals surface area (Å²) in [4.78, 5) is 18.3. The van der Waals surface area contributed by atoms with E-state index in [-0.39, 0.29) is 17.1 Å². The van der Waals surface area contributed by atoms with E-state index in [1.807, 2.05) is 0 Å². The van der Waals surface area contributed by atoms with Crippen molar-refractivity contribution in [3.8, 4) is 0 Å². The second-order valence-corrected chi connectivity index (χ2v) is 3.86. The third-order valence-electron chi connectivity index (χ3n) is 2.33. The first-order chi connectivity index (χ1) is 9.27. The fraction of sp³-hybridized carbons (Fsp3) is 0.545. The van der Waals surface area contributed by atoms with Gasteiger partial charge in [0.1, 0.15) is 13.2 Å². The van der Waals surface area contributed by atoms with Crippen molar-refractivity contribution in [1.82, 2.24) is 9.97 Å². The molecule has 0 aliphatic heterocycles. The van der Waals surface area contributed by atoms with Gasteiger partial charge in [0.25, 0.3) is 0 Å². The van der Waals surface area contributed by atoms with Crippen LogP contribution in [0.5, 0.6) is 0 Å². The fourth-order valence-electron chi connectivity index (χ4n) is 1.32. The Bertz CT molecular complexity index is 483. The number of halogens is 4. The van der Waals surface area contributed by atoms with Gasteiger partial charge < -0.3 is 9.84 Å². The molecule has 0 amide bonds. The summed E-state index contributed by atoms with van der Waals surface area (Å²) in [5, 5.41) is 8.84. The molecule has 0 aromatic carbocycles. The van der Waals surface area contributed by atoms with Gasteiger partial charge >= 0.3 is 18.3 Å². The number of rotatable bonds is 7. The fourth-order valence-corrected chi connectivity index (χ4v) is 1.32. The zero-order valence-corrected chi connectivity index (χ0v) is 10.4. The van der Waals surface area contributed by atoms with Crippen LogP contribution in [0.3, 0.4) is 0 Å². The first-order valence-corrected chi connectivity index (χ1v) is 5.59. The van der Waals surface area contributed by atoms with E-state index >= 15 is 0 Å². The van der Waals surface area contributed by atoms with Gasteiger partial charge in [-0.05, 0) is 6.42 Å². The molecule has 1 aromatic heterocycles. The van der Waals surface area contributed by atoms with Crippen LogP contribution in [0.15, 0.2) is 6.20 Å². The van der Waals surface area contributed by atoms with Crippen molar-refractivity contribution in [2.75, 3.05) is 6.61 Å². The SMILES string of the molecule is CCc1nc(COCC(F)(F)C(F)F)ncc1C(=O)O. The summed E-state index contributed by atoms with van der Waals surface area (Å²) in [7, 11) is 0. The minimum absolute atomic E-state index is 0.0445. The van der Waals surface area contributed by atoms with Gasteiger partial charge in [-0.25, -0.2) is 23.5 Å². The summed E-state index contributed by atoms with van der Waals surface area (Å²) in [6.45, 7) is -0.310. The van der Waals surface area contributed by atoms with E-state index in [1.165, 1.54) is 0 Å². The maximum Gasteiger partial charge on any atom is 0.339 e. The predicted molar refractivity (Wildman–Crippen MR) is 59.0 cm³/mol. The van der Waals surface area contributed by atoms with E-state index in [2.05, 4.69) is 14.7 Å². The van der Waals surface area contributed by atoms with Crippen LogP contribution in [-0.2, 0) is 17.8 Å². The molecule has 0 aliphatic carbocycles. The number of aromatic nitrogens is 2. The number of nitrogens with zero attached hydrogens (tertiary/aromatic N) is 2. The van der Waals surface area contributed by atoms with Crippen molar-refractivity contribution in [2.24, 2.45) is 0 Å². The lowest BCUT2D eigenvalue weighted by molar-refractivity contribution is -0.168. The Hall–Kier alpha value is -1.77. The minimum Gasteiger partial charge on any atom is -0.478 e. The largest absolute Gasteiger partial charge is 0.478 e. The molecular weight excluding hydrogens is 284 g/mol. The highest BCUT2D eigenvalue weighted by Gasteiger charge is 2.41. The molecule has 5 nitrogen and oxygen atoms in total. The molecule has 0 radical (unpaired) electrons. The molecule has 0 unspecified atom stereocenters. The highest BCUT2D eigenvalue weighted by molar-refractivity contribution is 5.88. The normalized spacial score (nSPS) is 11.9. The number of alkyl halides is 4. The van der Waals surface area contributed by atoms with E-state index in [4.69, 9.17) is 5.11 Å². The summed E-state index contributed by atoms with van der Waals surface area (Å²) >= 11 is 0. The van der Waals surface area contributed by atoms with Gasteiger partial charge in [0, 0.05) is 6.20 Å². The maximum atomic E-state index is 12.6. The van der Waals surface area contributed by atoms with Crippen LogP contribution < -0.4 is 0 Å². The third kappa shape index (κ3) is 4.12. The Labute approximate surface area is 111 Å². The molecule has 0 spiro atoms. The van der Waals surface area contributed by atoms with Crippen molar-refractivity contribution < 1.29 is 32.2 Å². The summed E-state index contributed by atoms with van der Waals surface area (Å²) < 4.78 is 53.3. The standard InChI is InChI=1S/C11H12F4N2O3/c1-2-7-6(9(18)19)3-16-8(17-7)4-20-5-11(14,15)10(12)13/h3,10H,2,4-5H2,1H3,(H,18,19). The van der Waals surface area contributed by atoms with Crippen molar-refractivity contribution in [3.63, 3.8) is 0 Å². The topological polar surface area (TPSA) is 72.3 Å². The Balaban J connectivity index is 2.68. The molecule has 0 saturated carbocycles. The van der Waals surface area contributed by atoms with Gasteiger partial charge in [-0.1, -0.05) is 6.92 Å². The lowest BCUT2D eigenvalue weighted by Gasteiger charge is -2.14. The van der Waals surface area contributed by atoms with Crippen LogP contribution in [0, 0.1) is 0 Å². The van der Waals surface area contributed by atoms with E-state index in [0.717, 1.165) is 6.20 Å². The molecule has 112 valence electrons. The van der Waals surface area contributed by atoms with Crippen molar-refractivity contribution in [2.45, 2.75) is 32.3 Å². The Morgan fingerprint density at radius 1 is 1.50 bits per heavy atom. The first-order valence-electron chi connectivity index (χ1n) is 5.59. The van der Waals surface area contributed by atoms with Gasteiger partial charge in [0.2, 0.25) is 0 Å². The van der Waals surface area contributed by atoms with Crippen molar-refractivity contribution >= 4 is 5.97 Å². The molecule has 1 rings (SSSR count).